The van der Waals surface area contributed by atoms with Gasteiger partial charge in [0.25, 0.3) is 5.91 Å². The van der Waals surface area contributed by atoms with Crippen molar-refractivity contribution < 1.29 is 9.53 Å². The fourth-order valence-electron chi connectivity index (χ4n) is 4.13. The van der Waals surface area contributed by atoms with E-state index in [1.54, 1.807) is 12.0 Å². The van der Waals surface area contributed by atoms with Gasteiger partial charge in [0.15, 0.2) is 0 Å². The first-order valence-electron chi connectivity index (χ1n) is 9.96. The third kappa shape index (κ3) is 3.18. The van der Waals surface area contributed by atoms with Crippen molar-refractivity contribution in [1.82, 2.24) is 10.2 Å². The number of aromatic nitrogens is 2. The van der Waals surface area contributed by atoms with Crippen LogP contribution in [0.2, 0.25) is 5.02 Å². The van der Waals surface area contributed by atoms with E-state index >= 15 is 0 Å². The Kier molecular flexibility index (Phi) is 4.75. The van der Waals surface area contributed by atoms with Crippen LogP contribution >= 0.6 is 11.6 Å². The fourth-order valence-corrected chi connectivity index (χ4v) is 4.26. The topological polar surface area (TPSA) is 58.2 Å². The highest BCUT2D eigenvalue weighted by atomic mass is 35.5. The second-order valence-corrected chi connectivity index (χ2v) is 7.96. The molecule has 1 aliphatic rings. The average Bonchev–Trinajstić information content (AvgIpc) is 3.34. The smallest absolute Gasteiger partial charge is 0.277 e. The minimum absolute atomic E-state index is 0.123. The van der Waals surface area contributed by atoms with Gasteiger partial charge in [-0.3, -0.25) is 14.8 Å². The molecule has 1 atom stereocenters. The van der Waals surface area contributed by atoms with Crippen LogP contribution in [0.15, 0.2) is 72.8 Å². The highest BCUT2D eigenvalue weighted by Crippen LogP contribution is 2.47. The van der Waals surface area contributed by atoms with Gasteiger partial charge in [-0.2, -0.15) is 5.10 Å². The Labute approximate surface area is 185 Å². The van der Waals surface area contributed by atoms with E-state index in [0.717, 1.165) is 33.6 Å². The summed E-state index contributed by atoms with van der Waals surface area (Å²) >= 11 is 6.09. The molecule has 31 heavy (non-hydrogen) atoms. The summed E-state index contributed by atoms with van der Waals surface area (Å²) in [5, 5.41) is 8.14. The first-order valence-corrected chi connectivity index (χ1v) is 10.3. The molecule has 0 bridgehead atoms. The SMILES string of the molecule is COc1ccccc1[C@@H]1c2c(-c3ccc(Cl)cc3)n[nH]c2C(=O)N1c1ccc(C)cc1. The van der Waals surface area contributed by atoms with Crippen molar-refractivity contribution in [1.29, 1.82) is 0 Å². The van der Waals surface area contributed by atoms with Crippen LogP contribution in [0.1, 0.15) is 33.2 Å². The van der Waals surface area contributed by atoms with Gasteiger partial charge >= 0.3 is 0 Å². The largest absolute Gasteiger partial charge is 0.496 e. The molecule has 5 nitrogen and oxygen atoms in total. The van der Waals surface area contributed by atoms with Crippen LogP contribution in [-0.2, 0) is 0 Å². The predicted molar refractivity (Wildman–Crippen MR) is 122 cm³/mol. The number of hydrogen-bond donors (Lipinski definition) is 1. The van der Waals surface area contributed by atoms with Gasteiger partial charge in [0.2, 0.25) is 0 Å². The number of H-pyrrole nitrogens is 1. The third-order valence-electron chi connectivity index (χ3n) is 5.63. The number of hydrogen-bond acceptors (Lipinski definition) is 3. The van der Waals surface area contributed by atoms with Crippen LogP contribution in [0.5, 0.6) is 5.75 Å². The number of nitrogens with zero attached hydrogens (tertiary/aromatic N) is 2. The van der Waals surface area contributed by atoms with Crippen LogP contribution in [0, 0.1) is 6.92 Å². The summed E-state index contributed by atoms with van der Waals surface area (Å²) in [5.74, 6) is 0.594. The van der Waals surface area contributed by atoms with Crippen molar-refractivity contribution in [2.45, 2.75) is 13.0 Å². The number of benzene rings is 3. The van der Waals surface area contributed by atoms with Crippen LogP contribution in [0.3, 0.4) is 0 Å². The Morgan fingerprint density at radius 2 is 1.71 bits per heavy atom. The van der Waals surface area contributed by atoms with Gasteiger partial charge in [0, 0.05) is 27.4 Å². The van der Waals surface area contributed by atoms with Crippen molar-refractivity contribution in [2.24, 2.45) is 0 Å². The number of carbonyl (C=O) groups is 1. The summed E-state index contributed by atoms with van der Waals surface area (Å²) in [4.78, 5) is 15.4. The maximum absolute atomic E-state index is 13.6. The second-order valence-electron chi connectivity index (χ2n) is 7.52. The number of aromatic amines is 1. The van der Waals surface area contributed by atoms with Gasteiger partial charge in [-0.25, -0.2) is 0 Å². The molecule has 2 heterocycles. The van der Waals surface area contributed by atoms with Gasteiger partial charge in [-0.1, -0.05) is 59.6 Å². The summed E-state index contributed by atoms with van der Waals surface area (Å²) in [5.41, 5.74) is 5.78. The van der Waals surface area contributed by atoms with E-state index in [-0.39, 0.29) is 11.9 Å². The highest BCUT2D eigenvalue weighted by molar-refractivity contribution is 6.30. The molecule has 0 saturated carbocycles. The number of carbonyl (C=O) groups excluding carboxylic acids is 1. The molecule has 1 aliphatic heterocycles. The van der Waals surface area contributed by atoms with Gasteiger partial charge in [0.1, 0.15) is 11.4 Å². The van der Waals surface area contributed by atoms with E-state index in [9.17, 15) is 4.79 Å². The average molecular weight is 430 g/mol. The lowest BCUT2D eigenvalue weighted by Crippen LogP contribution is -2.29. The number of rotatable bonds is 4. The first-order chi connectivity index (χ1) is 15.1. The van der Waals surface area contributed by atoms with E-state index in [1.165, 1.54) is 0 Å². The molecule has 3 aromatic carbocycles. The molecule has 0 radical (unpaired) electrons. The summed E-state index contributed by atoms with van der Waals surface area (Å²) in [6.45, 7) is 2.03. The maximum Gasteiger partial charge on any atom is 0.277 e. The second kappa shape index (κ2) is 7.60. The van der Waals surface area contributed by atoms with Crippen molar-refractivity contribution in [3.63, 3.8) is 0 Å². The van der Waals surface area contributed by atoms with E-state index in [1.807, 2.05) is 79.7 Å². The minimum Gasteiger partial charge on any atom is -0.496 e. The van der Waals surface area contributed by atoms with Crippen LogP contribution < -0.4 is 9.64 Å². The fraction of sp³-hybridized carbons (Fsp3) is 0.120. The Balaban J connectivity index is 1.75. The van der Waals surface area contributed by atoms with E-state index in [2.05, 4.69) is 10.2 Å². The molecule has 1 amide bonds. The van der Waals surface area contributed by atoms with Crippen molar-refractivity contribution in [3.8, 4) is 17.0 Å². The molecule has 0 saturated heterocycles. The molecule has 6 heteroatoms. The number of fused-ring (bicyclic) bond motifs is 1. The molecule has 1 aromatic heterocycles. The number of aryl methyl sites for hydroxylation is 1. The molecule has 0 spiro atoms. The third-order valence-corrected chi connectivity index (χ3v) is 5.88. The summed E-state index contributed by atoms with van der Waals surface area (Å²) in [7, 11) is 1.64. The molecule has 4 aromatic rings. The lowest BCUT2D eigenvalue weighted by Gasteiger charge is -2.27. The predicted octanol–water partition coefficient (Wildman–Crippen LogP) is 5.80. The zero-order valence-corrected chi connectivity index (χ0v) is 17.9. The number of methoxy groups -OCH3 is 1. The molecule has 0 aliphatic carbocycles. The van der Waals surface area contributed by atoms with Crippen LogP contribution in [0.4, 0.5) is 5.69 Å². The van der Waals surface area contributed by atoms with Crippen LogP contribution in [-0.4, -0.2) is 23.2 Å². The lowest BCUT2D eigenvalue weighted by atomic mass is 9.95. The first kappa shape index (κ1) is 19.4. The maximum atomic E-state index is 13.6. The number of para-hydroxylation sites is 1. The quantitative estimate of drug-likeness (QED) is 0.446. The number of ether oxygens (including phenoxy) is 1. The summed E-state index contributed by atoms with van der Waals surface area (Å²) in [6.07, 6.45) is 0. The molecular formula is C25H20ClN3O2. The molecule has 1 N–H and O–H groups in total. The Hall–Kier alpha value is -3.57. The van der Waals surface area contributed by atoms with Gasteiger partial charge in [-0.05, 0) is 37.3 Å². The molecule has 0 unspecified atom stereocenters. The zero-order chi connectivity index (χ0) is 21.5. The molecular weight excluding hydrogens is 410 g/mol. The van der Waals surface area contributed by atoms with Gasteiger partial charge in [-0.15, -0.1) is 0 Å². The minimum atomic E-state index is -0.384. The highest BCUT2D eigenvalue weighted by Gasteiger charge is 2.44. The normalized spacial score (nSPS) is 15.3. The van der Waals surface area contributed by atoms with E-state index < -0.39 is 0 Å². The Bertz CT molecular complexity index is 1260. The van der Waals surface area contributed by atoms with Crippen molar-refractivity contribution in [2.75, 3.05) is 12.0 Å². The van der Waals surface area contributed by atoms with Crippen molar-refractivity contribution >= 4 is 23.2 Å². The lowest BCUT2D eigenvalue weighted by molar-refractivity contribution is 0.0988. The van der Waals surface area contributed by atoms with Crippen LogP contribution in [0.25, 0.3) is 11.3 Å². The Morgan fingerprint density at radius 1 is 1.00 bits per heavy atom. The molecule has 5 rings (SSSR count). The van der Waals surface area contributed by atoms with E-state index in [0.29, 0.717) is 16.5 Å². The molecule has 0 fully saturated rings. The number of anilines is 1. The zero-order valence-electron chi connectivity index (χ0n) is 17.1. The summed E-state index contributed by atoms with van der Waals surface area (Å²) < 4.78 is 5.66. The Morgan fingerprint density at radius 3 is 2.42 bits per heavy atom. The van der Waals surface area contributed by atoms with Gasteiger partial charge < -0.3 is 4.74 Å². The summed E-state index contributed by atoms with van der Waals surface area (Å²) in [6, 6.07) is 22.8. The van der Waals surface area contributed by atoms with E-state index in [4.69, 9.17) is 16.3 Å². The van der Waals surface area contributed by atoms with Crippen molar-refractivity contribution in [3.05, 3.63) is 100 Å². The number of halogens is 1. The monoisotopic (exact) mass is 429 g/mol. The standard InChI is InChI=1S/C25H20ClN3O2/c1-15-7-13-18(14-8-15)29-24(19-5-3-4-6-20(19)31-2)21-22(27-28-23(21)25(29)30)16-9-11-17(26)12-10-16/h3-14,24H,1-2H3,(H,27,28)/t24-/m1/s1. The number of amides is 1. The molecule has 154 valence electrons. The number of nitrogens with one attached hydrogen (secondary N) is 1. The van der Waals surface area contributed by atoms with Gasteiger partial charge in [0.05, 0.1) is 18.8 Å².